The van der Waals surface area contributed by atoms with Crippen LogP contribution in [0.5, 0.6) is 5.75 Å². The van der Waals surface area contributed by atoms with Crippen molar-refractivity contribution in [3.63, 3.8) is 0 Å². The second-order valence-electron chi connectivity index (χ2n) is 6.04. The lowest BCUT2D eigenvalue weighted by molar-refractivity contribution is -0.385. The number of carbonyl (C=O) groups excluding carboxylic acids is 2. The van der Waals surface area contributed by atoms with Gasteiger partial charge in [-0.25, -0.2) is 4.79 Å². The van der Waals surface area contributed by atoms with Crippen LogP contribution in [0.1, 0.15) is 21.5 Å². The second kappa shape index (κ2) is 11.1. The van der Waals surface area contributed by atoms with E-state index in [0.29, 0.717) is 24.3 Å². The first-order valence-corrected chi connectivity index (χ1v) is 9.93. The third-order valence-electron chi connectivity index (χ3n) is 4.05. The summed E-state index contributed by atoms with van der Waals surface area (Å²) in [7, 11) is 2.72. The van der Waals surface area contributed by atoms with Gasteiger partial charge in [0.2, 0.25) is 5.91 Å². The van der Waals surface area contributed by atoms with Gasteiger partial charge < -0.3 is 14.8 Å². The summed E-state index contributed by atoms with van der Waals surface area (Å²) in [5, 5.41) is 13.9. The number of methoxy groups -OCH3 is 2. The van der Waals surface area contributed by atoms with Crippen LogP contribution < -0.4 is 10.1 Å². The lowest BCUT2D eigenvalue weighted by Gasteiger charge is -2.07. The van der Waals surface area contributed by atoms with E-state index >= 15 is 0 Å². The summed E-state index contributed by atoms with van der Waals surface area (Å²) in [5.41, 5.74) is 2.14. The average molecular weight is 418 g/mol. The van der Waals surface area contributed by atoms with Crippen LogP contribution in [0.3, 0.4) is 0 Å². The van der Waals surface area contributed by atoms with Gasteiger partial charge in [0.25, 0.3) is 0 Å². The molecule has 0 atom stereocenters. The Labute approximate surface area is 172 Å². The number of ether oxygens (including phenoxy) is 2. The van der Waals surface area contributed by atoms with Crippen molar-refractivity contribution >= 4 is 29.3 Å². The van der Waals surface area contributed by atoms with Gasteiger partial charge in [0.15, 0.2) is 5.75 Å². The van der Waals surface area contributed by atoms with Gasteiger partial charge in [-0.1, -0.05) is 18.2 Å². The number of hydrogen-bond donors (Lipinski definition) is 1. The molecule has 0 radical (unpaired) electrons. The summed E-state index contributed by atoms with van der Waals surface area (Å²) in [4.78, 5) is 33.9. The van der Waals surface area contributed by atoms with Crippen LogP contribution >= 0.6 is 11.8 Å². The van der Waals surface area contributed by atoms with Crippen molar-refractivity contribution in [3.8, 4) is 5.75 Å². The maximum Gasteiger partial charge on any atom is 0.337 e. The number of carbonyl (C=O) groups is 2. The van der Waals surface area contributed by atoms with Crippen LogP contribution in [0, 0.1) is 10.1 Å². The van der Waals surface area contributed by atoms with Crippen molar-refractivity contribution in [1.29, 1.82) is 0 Å². The summed E-state index contributed by atoms with van der Waals surface area (Å²) in [6.45, 7) is 0.477. The van der Waals surface area contributed by atoms with E-state index in [4.69, 9.17) is 4.74 Å². The minimum Gasteiger partial charge on any atom is -0.490 e. The fourth-order valence-electron chi connectivity index (χ4n) is 2.55. The van der Waals surface area contributed by atoms with E-state index in [-0.39, 0.29) is 29.1 Å². The van der Waals surface area contributed by atoms with Crippen molar-refractivity contribution in [2.24, 2.45) is 0 Å². The van der Waals surface area contributed by atoms with Gasteiger partial charge in [-0.3, -0.25) is 14.9 Å². The predicted molar refractivity (Wildman–Crippen MR) is 110 cm³/mol. The minimum atomic E-state index is -0.489. The highest BCUT2D eigenvalue weighted by molar-refractivity contribution is 7.99. The molecule has 0 bridgehead atoms. The summed E-state index contributed by atoms with van der Waals surface area (Å²) in [6, 6.07) is 11.8. The van der Waals surface area contributed by atoms with E-state index in [2.05, 4.69) is 10.1 Å². The van der Waals surface area contributed by atoms with Crippen LogP contribution in [0.2, 0.25) is 0 Å². The van der Waals surface area contributed by atoms with E-state index in [1.165, 1.54) is 32.0 Å². The molecule has 29 heavy (non-hydrogen) atoms. The molecule has 1 N–H and O–H groups in total. The molecule has 2 rings (SSSR count). The number of nitrogens with one attached hydrogen (secondary N) is 1. The third-order valence-corrected chi connectivity index (χ3v) is 5.06. The Hall–Kier alpha value is -3.07. The van der Waals surface area contributed by atoms with Crippen LogP contribution in [0.15, 0.2) is 42.5 Å². The Bertz CT molecular complexity index is 870. The van der Waals surface area contributed by atoms with Gasteiger partial charge in [0.05, 0.1) is 30.5 Å². The number of nitro benzene ring substituents is 1. The second-order valence-corrected chi connectivity index (χ2v) is 7.03. The van der Waals surface area contributed by atoms with Gasteiger partial charge in [0.1, 0.15) is 0 Å². The van der Waals surface area contributed by atoms with E-state index in [1.54, 1.807) is 24.3 Å². The number of rotatable bonds is 10. The molecule has 0 saturated heterocycles. The molecular weight excluding hydrogens is 396 g/mol. The molecule has 0 fully saturated rings. The highest BCUT2D eigenvalue weighted by atomic mass is 32.2. The highest BCUT2D eigenvalue weighted by Crippen LogP contribution is 2.28. The molecule has 154 valence electrons. The maximum absolute atomic E-state index is 12.0. The Balaban J connectivity index is 1.73. The Morgan fingerprint density at radius 3 is 2.41 bits per heavy atom. The zero-order chi connectivity index (χ0) is 21.2. The number of esters is 1. The molecule has 0 saturated carbocycles. The lowest BCUT2D eigenvalue weighted by atomic mass is 10.1. The molecule has 1 amide bonds. The van der Waals surface area contributed by atoms with Crippen molar-refractivity contribution in [2.45, 2.75) is 12.2 Å². The number of nitrogens with zero attached hydrogens (tertiary/aromatic N) is 1. The van der Waals surface area contributed by atoms with Crippen molar-refractivity contribution in [2.75, 3.05) is 26.5 Å². The van der Waals surface area contributed by atoms with Gasteiger partial charge >= 0.3 is 11.7 Å². The average Bonchev–Trinajstić information content (AvgIpc) is 2.73. The van der Waals surface area contributed by atoms with Crippen LogP contribution in [0.25, 0.3) is 0 Å². The Morgan fingerprint density at radius 2 is 1.79 bits per heavy atom. The molecule has 2 aromatic carbocycles. The topological polar surface area (TPSA) is 108 Å². The molecule has 0 spiro atoms. The van der Waals surface area contributed by atoms with Gasteiger partial charge in [-0.2, -0.15) is 0 Å². The molecule has 9 heteroatoms. The molecule has 0 aromatic heterocycles. The zero-order valence-electron chi connectivity index (χ0n) is 16.2. The largest absolute Gasteiger partial charge is 0.490 e. The van der Waals surface area contributed by atoms with Crippen molar-refractivity contribution < 1.29 is 24.0 Å². The summed E-state index contributed by atoms with van der Waals surface area (Å²) < 4.78 is 9.62. The standard InChI is InChI=1S/C20H22N2O6S/c1-27-18-8-5-15(11-17(18)22(25)26)12-29-13-19(23)21-10-9-14-3-6-16(7-4-14)20(24)28-2/h3-8,11H,9-10,12-13H2,1-2H3,(H,21,23). The highest BCUT2D eigenvalue weighted by Gasteiger charge is 2.15. The summed E-state index contributed by atoms with van der Waals surface area (Å²) in [5.74, 6) is 0.448. The van der Waals surface area contributed by atoms with Crippen LogP contribution in [-0.2, 0) is 21.7 Å². The number of hydrogen-bond acceptors (Lipinski definition) is 7. The molecule has 2 aromatic rings. The minimum absolute atomic E-state index is 0.0896. The van der Waals surface area contributed by atoms with Crippen molar-refractivity contribution in [1.82, 2.24) is 5.32 Å². The third kappa shape index (κ3) is 6.79. The molecule has 0 aliphatic rings. The quantitative estimate of drug-likeness (QED) is 0.359. The van der Waals surface area contributed by atoms with Crippen molar-refractivity contribution in [3.05, 3.63) is 69.3 Å². The predicted octanol–water partition coefficient (Wildman–Crippen LogP) is 2.98. The zero-order valence-corrected chi connectivity index (χ0v) is 17.0. The van der Waals surface area contributed by atoms with Crippen LogP contribution in [-0.4, -0.2) is 43.3 Å². The molecule has 8 nitrogen and oxygen atoms in total. The van der Waals surface area contributed by atoms with E-state index in [1.807, 2.05) is 12.1 Å². The van der Waals surface area contributed by atoms with E-state index in [0.717, 1.165) is 11.1 Å². The fourth-order valence-corrected chi connectivity index (χ4v) is 3.36. The normalized spacial score (nSPS) is 10.3. The summed E-state index contributed by atoms with van der Waals surface area (Å²) >= 11 is 1.38. The van der Waals surface area contributed by atoms with Gasteiger partial charge in [0, 0.05) is 18.4 Å². The molecule has 0 unspecified atom stereocenters. The van der Waals surface area contributed by atoms with Gasteiger partial charge in [-0.15, -0.1) is 11.8 Å². The first-order valence-electron chi connectivity index (χ1n) is 8.77. The number of amides is 1. The number of benzene rings is 2. The SMILES string of the molecule is COC(=O)c1ccc(CCNC(=O)CSCc2ccc(OC)c([N+](=O)[O-])c2)cc1. The number of thioether (sulfide) groups is 1. The molecule has 0 heterocycles. The number of nitro groups is 1. The first kappa shape index (κ1) is 22.2. The molecular formula is C20H22N2O6S. The Kier molecular flexibility index (Phi) is 8.47. The Morgan fingerprint density at radius 1 is 1.10 bits per heavy atom. The van der Waals surface area contributed by atoms with E-state index in [9.17, 15) is 19.7 Å². The summed E-state index contributed by atoms with van der Waals surface area (Å²) in [6.07, 6.45) is 0.641. The van der Waals surface area contributed by atoms with Crippen LogP contribution in [0.4, 0.5) is 5.69 Å². The lowest BCUT2D eigenvalue weighted by Crippen LogP contribution is -2.27. The maximum atomic E-state index is 12.0. The molecule has 0 aliphatic carbocycles. The van der Waals surface area contributed by atoms with Gasteiger partial charge in [-0.05, 0) is 35.7 Å². The smallest absolute Gasteiger partial charge is 0.337 e. The first-order chi connectivity index (χ1) is 13.9. The van der Waals surface area contributed by atoms with E-state index < -0.39 is 4.92 Å². The fraction of sp³-hybridized carbons (Fsp3) is 0.300. The molecule has 0 aliphatic heterocycles. The monoisotopic (exact) mass is 418 g/mol.